The molecule has 4 aromatic rings. The maximum absolute atomic E-state index is 4.44. The number of rotatable bonds is 2. The molecule has 0 saturated carbocycles. The zero-order valence-electron chi connectivity index (χ0n) is 12.0. The molecule has 2 nitrogen and oxygen atoms in total. The van der Waals surface area contributed by atoms with E-state index in [4.69, 9.17) is 0 Å². The van der Waals surface area contributed by atoms with Crippen LogP contribution in [-0.4, -0.2) is 0 Å². The Balaban J connectivity index is 1.87. The molecular formula is C20H14N2. The molecule has 0 aliphatic rings. The summed E-state index contributed by atoms with van der Waals surface area (Å²) in [5.74, 6) is 0. The first-order valence-electron chi connectivity index (χ1n) is 7.28. The van der Waals surface area contributed by atoms with Gasteiger partial charge in [-0.15, -0.1) is 5.11 Å². The van der Waals surface area contributed by atoms with Crippen molar-refractivity contribution in [1.29, 1.82) is 0 Å². The average Bonchev–Trinajstić information content (AvgIpc) is 2.59. The highest BCUT2D eigenvalue weighted by Gasteiger charge is 2.02. The van der Waals surface area contributed by atoms with Gasteiger partial charge < -0.3 is 0 Å². The Hall–Kier alpha value is -3.00. The second-order valence-corrected chi connectivity index (χ2v) is 5.23. The van der Waals surface area contributed by atoms with Crippen molar-refractivity contribution in [2.75, 3.05) is 0 Å². The lowest BCUT2D eigenvalue weighted by atomic mass is 10.0. The predicted octanol–water partition coefficient (Wildman–Crippen LogP) is 6.41. The third-order valence-corrected chi connectivity index (χ3v) is 3.75. The minimum atomic E-state index is 0.861. The van der Waals surface area contributed by atoms with Crippen LogP contribution < -0.4 is 0 Å². The summed E-state index contributed by atoms with van der Waals surface area (Å²) >= 11 is 0. The fraction of sp³-hybridized carbons (Fsp3) is 0. The van der Waals surface area contributed by atoms with Gasteiger partial charge >= 0.3 is 0 Å². The largest absolute Gasteiger partial charge is 0.151 e. The maximum atomic E-state index is 4.44. The van der Waals surface area contributed by atoms with Gasteiger partial charge in [-0.3, -0.25) is 0 Å². The molecule has 0 bridgehead atoms. The molecule has 0 heterocycles. The van der Waals surface area contributed by atoms with Gasteiger partial charge in [0.25, 0.3) is 0 Å². The Morgan fingerprint density at radius 3 is 2.00 bits per heavy atom. The van der Waals surface area contributed by atoms with E-state index in [0.717, 1.165) is 16.8 Å². The molecule has 0 aromatic heterocycles. The van der Waals surface area contributed by atoms with E-state index in [-0.39, 0.29) is 0 Å². The van der Waals surface area contributed by atoms with Crippen molar-refractivity contribution in [3.8, 4) is 0 Å². The van der Waals surface area contributed by atoms with Gasteiger partial charge in [-0.1, -0.05) is 54.6 Å². The Kier molecular flexibility index (Phi) is 3.13. The van der Waals surface area contributed by atoms with Crippen LogP contribution in [0, 0.1) is 0 Å². The van der Waals surface area contributed by atoms with E-state index in [1.54, 1.807) is 0 Å². The van der Waals surface area contributed by atoms with Crippen LogP contribution in [0.5, 0.6) is 0 Å². The molecule has 0 amide bonds. The summed E-state index contributed by atoms with van der Waals surface area (Å²) in [7, 11) is 0. The normalized spacial score (nSPS) is 11.5. The first-order chi connectivity index (χ1) is 10.9. The lowest BCUT2D eigenvalue weighted by Crippen LogP contribution is -1.76. The van der Waals surface area contributed by atoms with Crippen LogP contribution in [-0.2, 0) is 0 Å². The lowest BCUT2D eigenvalue weighted by Gasteiger charge is -2.04. The Bertz CT molecular complexity index is 972. The predicted molar refractivity (Wildman–Crippen MR) is 92.1 cm³/mol. The summed E-state index contributed by atoms with van der Waals surface area (Å²) in [6.45, 7) is 0. The number of hydrogen-bond acceptors (Lipinski definition) is 2. The molecule has 0 fully saturated rings. The number of fused-ring (bicyclic) bond motifs is 2. The van der Waals surface area contributed by atoms with Crippen LogP contribution in [0.2, 0.25) is 0 Å². The zero-order chi connectivity index (χ0) is 14.8. The third-order valence-electron chi connectivity index (χ3n) is 3.75. The second-order valence-electron chi connectivity index (χ2n) is 5.23. The molecule has 0 aliphatic carbocycles. The zero-order valence-corrected chi connectivity index (χ0v) is 12.0. The number of nitrogens with zero attached hydrogens (tertiary/aromatic N) is 2. The van der Waals surface area contributed by atoms with Gasteiger partial charge in [0.1, 0.15) is 0 Å². The summed E-state index contributed by atoms with van der Waals surface area (Å²) in [6, 6.07) is 28.7. The standard InChI is InChI=1S/C20H14N2/c1-2-10-18(11-3-1)21-22-20-12-6-9-17-13-15-7-4-5-8-16(15)14-19(17)20/h1-14H. The summed E-state index contributed by atoms with van der Waals surface area (Å²) in [5, 5.41) is 13.5. The molecule has 104 valence electrons. The third kappa shape index (κ3) is 2.35. The molecule has 0 spiro atoms. The Morgan fingerprint density at radius 1 is 0.500 bits per heavy atom. The van der Waals surface area contributed by atoms with Crippen molar-refractivity contribution in [2.45, 2.75) is 0 Å². The SMILES string of the molecule is c1ccc(N=Nc2cccc3cc4ccccc4cc23)cc1. The fourth-order valence-electron chi connectivity index (χ4n) is 2.64. The number of hydrogen-bond donors (Lipinski definition) is 0. The highest BCUT2D eigenvalue weighted by molar-refractivity contribution is 6.02. The average molecular weight is 282 g/mol. The van der Waals surface area contributed by atoms with E-state index in [0.29, 0.717) is 0 Å². The van der Waals surface area contributed by atoms with Gasteiger partial charge in [0.2, 0.25) is 0 Å². The summed E-state index contributed by atoms with van der Waals surface area (Å²) in [6.07, 6.45) is 0. The Morgan fingerprint density at radius 2 is 1.18 bits per heavy atom. The molecule has 0 saturated heterocycles. The van der Waals surface area contributed by atoms with E-state index < -0.39 is 0 Å². The van der Waals surface area contributed by atoms with Crippen LogP contribution in [0.3, 0.4) is 0 Å². The first-order valence-corrected chi connectivity index (χ1v) is 7.28. The van der Waals surface area contributed by atoms with E-state index >= 15 is 0 Å². The highest BCUT2D eigenvalue weighted by atomic mass is 15.1. The molecule has 0 atom stereocenters. The van der Waals surface area contributed by atoms with Crippen molar-refractivity contribution in [3.63, 3.8) is 0 Å². The van der Waals surface area contributed by atoms with Gasteiger partial charge in [-0.2, -0.15) is 5.11 Å². The fourth-order valence-corrected chi connectivity index (χ4v) is 2.64. The van der Waals surface area contributed by atoms with Crippen LogP contribution >= 0.6 is 0 Å². The van der Waals surface area contributed by atoms with Crippen LogP contribution in [0.4, 0.5) is 11.4 Å². The van der Waals surface area contributed by atoms with Crippen molar-refractivity contribution < 1.29 is 0 Å². The van der Waals surface area contributed by atoms with Gasteiger partial charge in [0, 0.05) is 5.39 Å². The van der Waals surface area contributed by atoms with Gasteiger partial charge in [-0.25, -0.2) is 0 Å². The number of azo groups is 1. The van der Waals surface area contributed by atoms with Gasteiger partial charge in [0.15, 0.2) is 0 Å². The van der Waals surface area contributed by atoms with Crippen LogP contribution in [0.1, 0.15) is 0 Å². The molecular weight excluding hydrogens is 268 g/mol. The minimum absolute atomic E-state index is 0.861. The van der Waals surface area contributed by atoms with Crippen LogP contribution in [0.25, 0.3) is 21.5 Å². The molecule has 22 heavy (non-hydrogen) atoms. The quantitative estimate of drug-likeness (QED) is 0.300. The highest BCUT2D eigenvalue weighted by Crippen LogP contribution is 2.31. The molecule has 0 N–H and O–H groups in total. The number of benzene rings is 4. The molecule has 2 heteroatoms. The molecule has 0 radical (unpaired) electrons. The summed E-state index contributed by atoms with van der Waals surface area (Å²) in [4.78, 5) is 0. The van der Waals surface area contributed by atoms with E-state index in [1.165, 1.54) is 16.2 Å². The van der Waals surface area contributed by atoms with Crippen molar-refractivity contribution in [3.05, 3.63) is 84.9 Å². The molecule has 0 aliphatic heterocycles. The topological polar surface area (TPSA) is 24.7 Å². The maximum Gasteiger partial charge on any atom is 0.0935 e. The lowest BCUT2D eigenvalue weighted by molar-refractivity contribution is 1.24. The van der Waals surface area contributed by atoms with Crippen molar-refractivity contribution in [2.24, 2.45) is 10.2 Å². The second kappa shape index (κ2) is 5.41. The molecule has 0 unspecified atom stereocenters. The van der Waals surface area contributed by atoms with Crippen molar-refractivity contribution in [1.82, 2.24) is 0 Å². The monoisotopic (exact) mass is 282 g/mol. The van der Waals surface area contributed by atoms with E-state index in [9.17, 15) is 0 Å². The van der Waals surface area contributed by atoms with E-state index in [1.807, 2.05) is 42.5 Å². The molecule has 4 aromatic carbocycles. The van der Waals surface area contributed by atoms with Gasteiger partial charge in [-0.05, 0) is 46.5 Å². The minimum Gasteiger partial charge on any atom is -0.151 e. The van der Waals surface area contributed by atoms with E-state index in [2.05, 4.69) is 52.7 Å². The van der Waals surface area contributed by atoms with Gasteiger partial charge in [0.05, 0.1) is 11.4 Å². The Labute approximate surface area is 128 Å². The van der Waals surface area contributed by atoms with Crippen LogP contribution in [0.15, 0.2) is 95.2 Å². The first kappa shape index (κ1) is 12.7. The van der Waals surface area contributed by atoms with Crippen molar-refractivity contribution >= 4 is 32.9 Å². The summed E-state index contributed by atoms with van der Waals surface area (Å²) in [5.41, 5.74) is 1.76. The molecule has 4 rings (SSSR count). The smallest absolute Gasteiger partial charge is 0.0935 e. The summed E-state index contributed by atoms with van der Waals surface area (Å²) < 4.78 is 0.